The number of anilines is 1. The number of halogens is 1. The van der Waals surface area contributed by atoms with Gasteiger partial charge < -0.3 is 9.88 Å². The maximum atomic E-state index is 12.3. The second-order valence-corrected chi connectivity index (χ2v) is 6.37. The van der Waals surface area contributed by atoms with Crippen LogP contribution in [0.15, 0.2) is 17.2 Å². The Hall–Kier alpha value is -1.03. The van der Waals surface area contributed by atoms with Gasteiger partial charge in [-0.3, -0.25) is 4.79 Å². The highest BCUT2D eigenvalue weighted by Crippen LogP contribution is 2.33. The van der Waals surface area contributed by atoms with E-state index >= 15 is 0 Å². The highest BCUT2D eigenvalue weighted by Gasteiger charge is 2.26. The average molecular weight is 296 g/mol. The molecular formula is C15H22ClN3O. The minimum Gasteiger partial charge on any atom is -0.365 e. The Labute approximate surface area is 124 Å². The molecule has 1 heterocycles. The Kier molecular flexibility index (Phi) is 4.29. The lowest BCUT2D eigenvalue weighted by molar-refractivity contribution is 0.272. The molecular weight excluding hydrogens is 274 g/mol. The van der Waals surface area contributed by atoms with E-state index in [1.165, 1.54) is 25.7 Å². The Morgan fingerprint density at radius 3 is 2.70 bits per heavy atom. The molecule has 2 atom stereocenters. The summed E-state index contributed by atoms with van der Waals surface area (Å²) in [6.45, 7) is 0.814. The SMILES string of the molecule is O=c1c(NCC2CCCCC2CCl)nccn1C1CC1. The molecule has 0 aliphatic heterocycles. The molecule has 0 spiro atoms. The van der Waals surface area contributed by atoms with E-state index in [9.17, 15) is 4.79 Å². The van der Waals surface area contributed by atoms with E-state index in [1.54, 1.807) is 12.4 Å². The van der Waals surface area contributed by atoms with Gasteiger partial charge in [-0.15, -0.1) is 11.6 Å². The van der Waals surface area contributed by atoms with Gasteiger partial charge in [0, 0.05) is 30.9 Å². The van der Waals surface area contributed by atoms with Crippen LogP contribution < -0.4 is 10.9 Å². The van der Waals surface area contributed by atoms with E-state index in [0.717, 1.165) is 25.3 Å². The minimum atomic E-state index is 0.0215. The van der Waals surface area contributed by atoms with Crippen molar-refractivity contribution in [3.05, 3.63) is 22.7 Å². The van der Waals surface area contributed by atoms with Gasteiger partial charge in [-0.25, -0.2) is 4.98 Å². The molecule has 1 aromatic heterocycles. The van der Waals surface area contributed by atoms with Gasteiger partial charge in [0.1, 0.15) is 0 Å². The molecule has 2 saturated carbocycles. The van der Waals surface area contributed by atoms with Gasteiger partial charge in [0.2, 0.25) is 0 Å². The summed E-state index contributed by atoms with van der Waals surface area (Å²) in [5.74, 6) is 2.36. The molecule has 2 aliphatic rings. The first-order valence-electron chi connectivity index (χ1n) is 7.66. The highest BCUT2D eigenvalue weighted by molar-refractivity contribution is 6.18. The largest absolute Gasteiger partial charge is 0.365 e. The van der Waals surface area contributed by atoms with Gasteiger partial charge in [0.15, 0.2) is 5.82 Å². The summed E-state index contributed by atoms with van der Waals surface area (Å²) in [5, 5.41) is 3.27. The van der Waals surface area contributed by atoms with Crippen molar-refractivity contribution in [3.8, 4) is 0 Å². The lowest BCUT2D eigenvalue weighted by Crippen LogP contribution is -2.30. The summed E-state index contributed by atoms with van der Waals surface area (Å²) < 4.78 is 1.81. The van der Waals surface area contributed by atoms with Crippen LogP contribution in [0.2, 0.25) is 0 Å². The number of hydrogen-bond acceptors (Lipinski definition) is 3. The second kappa shape index (κ2) is 6.17. The van der Waals surface area contributed by atoms with Crippen LogP contribution in [0.25, 0.3) is 0 Å². The summed E-state index contributed by atoms with van der Waals surface area (Å²) in [6, 6.07) is 0.399. The summed E-state index contributed by atoms with van der Waals surface area (Å²) in [4.78, 5) is 16.5. The van der Waals surface area contributed by atoms with Gasteiger partial charge >= 0.3 is 0 Å². The molecule has 2 aliphatic carbocycles. The van der Waals surface area contributed by atoms with Gasteiger partial charge in [0.05, 0.1) is 0 Å². The molecule has 110 valence electrons. The molecule has 3 rings (SSSR count). The van der Waals surface area contributed by atoms with Crippen molar-refractivity contribution in [1.29, 1.82) is 0 Å². The normalized spacial score (nSPS) is 26.4. The van der Waals surface area contributed by atoms with Crippen molar-refractivity contribution < 1.29 is 0 Å². The first kappa shape index (κ1) is 13.9. The van der Waals surface area contributed by atoms with E-state index in [-0.39, 0.29) is 5.56 Å². The predicted molar refractivity (Wildman–Crippen MR) is 81.4 cm³/mol. The van der Waals surface area contributed by atoms with Gasteiger partial charge in [-0.2, -0.15) is 0 Å². The third-order valence-electron chi connectivity index (χ3n) is 4.60. The Morgan fingerprint density at radius 2 is 2.00 bits per heavy atom. The van der Waals surface area contributed by atoms with Gasteiger partial charge in [-0.05, 0) is 37.5 Å². The molecule has 5 heteroatoms. The van der Waals surface area contributed by atoms with E-state index < -0.39 is 0 Å². The van der Waals surface area contributed by atoms with Crippen LogP contribution in [-0.2, 0) is 0 Å². The fourth-order valence-electron chi connectivity index (χ4n) is 3.17. The first-order chi connectivity index (χ1) is 9.79. The fourth-order valence-corrected chi connectivity index (χ4v) is 3.58. The van der Waals surface area contributed by atoms with Crippen LogP contribution in [-0.4, -0.2) is 22.0 Å². The summed E-state index contributed by atoms with van der Waals surface area (Å²) in [7, 11) is 0. The molecule has 0 saturated heterocycles. The van der Waals surface area contributed by atoms with Crippen molar-refractivity contribution in [3.63, 3.8) is 0 Å². The predicted octanol–water partition coefficient (Wildman–Crippen LogP) is 3.04. The van der Waals surface area contributed by atoms with Crippen LogP contribution in [0.1, 0.15) is 44.6 Å². The number of hydrogen-bond donors (Lipinski definition) is 1. The molecule has 2 unspecified atom stereocenters. The topological polar surface area (TPSA) is 46.9 Å². The number of alkyl halides is 1. The molecule has 4 nitrogen and oxygen atoms in total. The van der Waals surface area contributed by atoms with E-state index in [1.807, 2.05) is 4.57 Å². The third-order valence-corrected chi connectivity index (χ3v) is 5.00. The Bertz CT molecular complexity index is 512. The van der Waals surface area contributed by atoms with E-state index in [4.69, 9.17) is 11.6 Å². The third kappa shape index (κ3) is 3.00. The second-order valence-electron chi connectivity index (χ2n) is 6.06. The zero-order valence-electron chi connectivity index (χ0n) is 11.7. The number of rotatable bonds is 5. The summed E-state index contributed by atoms with van der Waals surface area (Å²) in [5.41, 5.74) is 0.0215. The maximum Gasteiger partial charge on any atom is 0.293 e. The van der Waals surface area contributed by atoms with E-state index in [2.05, 4.69) is 10.3 Å². The van der Waals surface area contributed by atoms with Crippen molar-refractivity contribution in [2.45, 2.75) is 44.6 Å². The van der Waals surface area contributed by atoms with Crippen molar-refractivity contribution in [2.75, 3.05) is 17.7 Å². The molecule has 0 radical (unpaired) electrons. The fraction of sp³-hybridized carbons (Fsp3) is 0.733. The molecule has 0 bridgehead atoms. The summed E-state index contributed by atoms with van der Waals surface area (Å²) >= 11 is 6.05. The molecule has 2 fully saturated rings. The van der Waals surface area contributed by atoms with Crippen molar-refractivity contribution in [1.82, 2.24) is 9.55 Å². The number of aromatic nitrogens is 2. The number of nitrogens with zero attached hydrogens (tertiary/aromatic N) is 2. The smallest absolute Gasteiger partial charge is 0.293 e. The number of nitrogens with one attached hydrogen (secondary N) is 1. The van der Waals surface area contributed by atoms with Crippen LogP contribution in [0.5, 0.6) is 0 Å². The van der Waals surface area contributed by atoms with Crippen LogP contribution in [0, 0.1) is 11.8 Å². The zero-order chi connectivity index (χ0) is 13.9. The quantitative estimate of drug-likeness (QED) is 0.849. The zero-order valence-corrected chi connectivity index (χ0v) is 12.5. The average Bonchev–Trinajstić information content (AvgIpc) is 3.31. The minimum absolute atomic E-state index is 0.0215. The molecule has 1 N–H and O–H groups in total. The van der Waals surface area contributed by atoms with Crippen LogP contribution >= 0.6 is 11.6 Å². The monoisotopic (exact) mass is 295 g/mol. The molecule has 1 aromatic rings. The summed E-state index contributed by atoms with van der Waals surface area (Å²) in [6.07, 6.45) is 10.7. The van der Waals surface area contributed by atoms with Gasteiger partial charge in [0.25, 0.3) is 5.56 Å². The van der Waals surface area contributed by atoms with Crippen LogP contribution in [0.3, 0.4) is 0 Å². The van der Waals surface area contributed by atoms with Crippen molar-refractivity contribution >= 4 is 17.4 Å². The van der Waals surface area contributed by atoms with Crippen molar-refractivity contribution in [2.24, 2.45) is 11.8 Å². The Morgan fingerprint density at radius 1 is 1.25 bits per heavy atom. The first-order valence-corrected chi connectivity index (χ1v) is 8.20. The highest BCUT2D eigenvalue weighted by atomic mass is 35.5. The van der Waals surface area contributed by atoms with E-state index in [0.29, 0.717) is 23.7 Å². The van der Waals surface area contributed by atoms with Gasteiger partial charge in [-0.1, -0.05) is 12.8 Å². The standard InChI is InChI=1S/C15H22ClN3O/c16-9-11-3-1-2-4-12(11)10-18-14-15(20)19(8-7-17-14)13-5-6-13/h7-8,11-13H,1-6,9-10H2,(H,17,18). The molecule has 0 aromatic carbocycles. The molecule has 20 heavy (non-hydrogen) atoms. The van der Waals surface area contributed by atoms with Crippen LogP contribution in [0.4, 0.5) is 5.82 Å². The Balaban J connectivity index is 1.65. The lowest BCUT2D eigenvalue weighted by atomic mass is 9.80. The lowest BCUT2D eigenvalue weighted by Gasteiger charge is -2.30. The molecule has 0 amide bonds. The maximum absolute atomic E-state index is 12.3.